The number of rotatable bonds is 4. The molecule has 1 fully saturated rings. The van der Waals surface area contributed by atoms with Gasteiger partial charge in [0.05, 0.1) is 24.5 Å². The second-order valence-corrected chi connectivity index (χ2v) is 9.46. The number of fused-ring (bicyclic) bond motifs is 1. The summed E-state index contributed by atoms with van der Waals surface area (Å²) in [7, 11) is -3.33. The van der Waals surface area contributed by atoms with Gasteiger partial charge in [-0.05, 0) is 43.5 Å². The van der Waals surface area contributed by atoms with Crippen LogP contribution in [0.1, 0.15) is 41.5 Å². The number of hydrogen-bond acceptors (Lipinski definition) is 5. The molecule has 2 aliphatic rings. The van der Waals surface area contributed by atoms with Crippen molar-refractivity contribution in [1.82, 2.24) is 19.2 Å². The van der Waals surface area contributed by atoms with Crippen LogP contribution >= 0.6 is 0 Å². The van der Waals surface area contributed by atoms with Crippen LogP contribution in [-0.4, -0.2) is 46.9 Å². The zero-order chi connectivity index (χ0) is 19.9. The standard InChI is InChI=1S/C19H23FN4O3S/c1-28(26,27)24-10-8-15-16(12-24)21-18(22-19(15)25)17-3-2-9-23(17)11-13-4-6-14(20)7-5-13/h4-7,17H,2-3,8-12H2,1H3,(H,21,22,25)/t17-/m1/s1. The number of nitrogens with zero attached hydrogens (tertiary/aromatic N) is 3. The van der Waals surface area contributed by atoms with Crippen LogP contribution in [0.2, 0.25) is 0 Å². The van der Waals surface area contributed by atoms with E-state index in [9.17, 15) is 17.6 Å². The fraction of sp³-hybridized carbons (Fsp3) is 0.474. The molecule has 0 unspecified atom stereocenters. The third kappa shape index (κ3) is 3.87. The fourth-order valence-electron chi connectivity index (χ4n) is 4.03. The minimum atomic E-state index is -3.33. The molecule has 0 bridgehead atoms. The van der Waals surface area contributed by atoms with Crippen molar-refractivity contribution < 1.29 is 12.8 Å². The lowest BCUT2D eigenvalue weighted by Gasteiger charge is -2.28. The largest absolute Gasteiger partial charge is 0.309 e. The maximum Gasteiger partial charge on any atom is 0.254 e. The van der Waals surface area contributed by atoms with Gasteiger partial charge in [0.15, 0.2) is 0 Å². The van der Waals surface area contributed by atoms with E-state index in [1.807, 2.05) is 0 Å². The van der Waals surface area contributed by atoms with E-state index in [1.54, 1.807) is 12.1 Å². The Hall–Kier alpha value is -2.10. The first kappa shape index (κ1) is 19.2. The van der Waals surface area contributed by atoms with Gasteiger partial charge >= 0.3 is 0 Å². The first-order valence-electron chi connectivity index (χ1n) is 9.37. The molecule has 0 aliphatic carbocycles. The average molecular weight is 406 g/mol. The molecule has 28 heavy (non-hydrogen) atoms. The van der Waals surface area contributed by atoms with Gasteiger partial charge < -0.3 is 4.98 Å². The van der Waals surface area contributed by atoms with E-state index in [2.05, 4.69) is 14.9 Å². The van der Waals surface area contributed by atoms with Gasteiger partial charge in [0.25, 0.3) is 5.56 Å². The van der Waals surface area contributed by atoms with Crippen LogP contribution in [0.3, 0.4) is 0 Å². The van der Waals surface area contributed by atoms with Gasteiger partial charge in [-0.2, -0.15) is 4.31 Å². The smallest absolute Gasteiger partial charge is 0.254 e. The monoisotopic (exact) mass is 406 g/mol. The number of aromatic nitrogens is 2. The molecular formula is C19H23FN4O3S. The van der Waals surface area contributed by atoms with Crippen LogP contribution in [0.25, 0.3) is 0 Å². The maximum absolute atomic E-state index is 13.2. The van der Waals surface area contributed by atoms with Crippen molar-refractivity contribution in [2.75, 3.05) is 19.3 Å². The van der Waals surface area contributed by atoms with Gasteiger partial charge in [-0.3, -0.25) is 9.69 Å². The second kappa shape index (κ2) is 7.38. The van der Waals surface area contributed by atoms with Crippen molar-refractivity contribution >= 4 is 10.0 Å². The number of likely N-dealkylation sites (tertiary alicyclic amines) is 1. The molecule has 2 aromatic rings. The molecule has 3 heterocycles. The summed E-state index contributed by atoms with van der Waals surface area (Å²) in [6, 6.07) is 6.37. The van der Waals surface area contributed by atoms with Crippen LogP contribution < -0.4 is 5.56 Å². The molecule has 4 rings (SSSR count). The van der Waals surface area contributed by atoms with E-state index >= 15 is 0 Å². The number of benzene rings is 1. The summed E-state index contributed by atoms with van der Waals surface area (Å²) in [6.07, 6.45) is 3.38. The molecule has 1 aromatic heterocycles. The number of aromatic amines is 1. The highest BCUT2D eigenvalue weighted by Gasteiger charge is 2.31. The number of hydrogen-bond donors (Lipinski definition) is 1. The average Bonchev–Trinajstić information content (AvgIpc) is 3.10. The zero-order valence-electron chi connectivity index (χ0n) is 15.7. The Morgan fingerprint density at radius 2 is 2.00 bits per heavy atom. The van der Waals surface area contributed by atoms with Crippen molar-refractivity contribution in [2.24, 2.45) is 0 Å². The van der Waals surface area contributed by atoms with Crippen molar-refractivity contribution in [3.05, 3.63) is 63.1 Å². The highest BCUT2D eigenvalue weighted by Crippen LogP contribution is 2.31. The van der Waals surface area contributed by atoms with Gasteiger partial charge in [0.1, 0.15) is 11.6 Å². The Balaban J connectivity index is 1.61. The second-order valence-electron chi connectivity index (χ2n) is 7.48. The van der Waals surface area contributed by atoms with Crippen molar-refractivity contribution in [1.29, 1.82) is 0 Å². The Kier molecular flexibility index (Phi) is 5.07. The van der Waals surface area contributed by atoms with E-state index in [-0.39, 0.29) is 24.0 Å². The molecule has 1 atom stereocenters. The topological polar surface area (TPSA) is 86.4 Å². The molecule has 9 heteroatoms. The summed E-state index contributed by atoms with van der Waals surface area (Å²) < 4.78 is 38.3. The molecule has 1 N–H and O–H groups in total. The van der Waals surface area contributed by atoms with E-state index in [4.69, 9.17) is 0 Å². The van der Waals surface area contributed by atoms with Gasteiger partial charge in [0.2, 0.25) is 10.0 Å². The zero-order valence-corrected chi connectivity index (χ0v) is 16.5. The summed E-state index contributed by atoms with van der Waals surface area (Å²) in [6.45, 7) is 1.94. The normalized spacial score (nSPS) is 21.0. The van der Waals surface area contributed by atoms with Crippen LogP contribution in [0.15, 0.2) is 29.1 Å². The van der Waals surface area contributed by atoms with E-state index < -0.39 is 10.0 Å². The molecule has 0 radical (unpaired) electrons. The first-order chi connectivity index (χ1) is 13.3. The lowest BCUT2D eigenvalue weighted by atomic mass is 10.1. The molecule has 2 aliphatic heterocycles. The number of sulfonamides is 1. The number of halogens is 1. The van der Waals surface area contributed by atoms with Gasteiger partial charge in [-0.1, -0.05) is 12.1 Å². The maximum atomic E-state index is 13.2. The van der Waals surface area contributed by atoms with E-state index in [0.717, 1.165) is 24.9 Å². The van der Waals surface area contributed by atoms with Crippen LogP contribution in [0.5, 0.6) is 0 Å². The van der Waals surface area contributed by atoms with E-state index in [0.29, 0.717) is 36.6 Å². The van der Waals surface area contributed by atoms with E-state index in [1.165, 1.54) is 22.7 Å². The molecule has 1 saturated heterocycles. The van der Waals surface area contributed by atoms with Crippen LogP contribution in [0.4, 0.5) is 4.39 Å². The fourth-order valence-corrected chi connectivity index (χ4v) is 4.80. The number of H-pyrrole nitrogens is 1. The predicted octanol–water partition coefficient (Wildman–Crippen LogP) is 1.56. The minimum absolute atomic E-state index is 0.0448. The van der Waals surface area contributed by atoms with Gasteiger partial charge in [0, 0.05) is 18.7 Å². The predicted molar refractivity (Wildman–Crippen MR) is 103 cm³/mol. The third-order valence-corrected chi connectivity index (χ3v) is 6.75. The lowest BCUT2D eigenvalue weighted by Crippen LogP contribution is -2.39. The number of nitrogens with one attached hydrogen (secondary N) is 1. The van der Waals surface area contributed by atoms with Crippen LogP contribution in [0, 0.1) is 5.82 Å². The lowest BCUT2D eigenvalue weighted by molar-refractivity contribution is 0.238. The highest BCUT2D eigenvalue weighted by molar-refractivity contribution is 7.88. The summed E-state index contributed by atoms with van der Waals surface area (Å²) in [5, 5.41) is 0. The van der Waals surface area contributed by atoms with Gasteiger partial charge in [-0.25, -0.2) is 17.8 Å². The quantitative estimate of drug-likeness (QED) is 0.833. The SMILES string of the molecule is CS(=O)(=O)N1CCc2c(nc([C@H]3CCCN3Cc3ccc(F)cc3)[nH]c2=O)C1. The highest BCUT2D eigenvalue weighted by atomic mass is 32.2. The summed E-state index contributed by atoms with van der Waals surface area (Å²) in [5.41, 5.74) is 1.94. The molecule has 0 amide bonds. The molecular weight excluding hydrogens is 383 g/mol. The first-order valence-corrected chi connectivity index (χ1v) is 11.2. The van der Waals surface area contributed by atoms with Crippen molar-refractivity contribution in [3.8, 4) is 0 Å². The molecule has 150 valence electrons. The molecule has 7 nitrogen and oxygen atoms in total. The summed E-state index contributed by atoms with van der Waals surface area (Å²) in [4.78, 5) is 22.4. The van der Waals surface area contributed by atoms with Crippen molar-refractivity contribution in [3.63, 3.8) is 0 Å². The summed E-state index contributed by atoms with van der Waals surface area (Å²) >= 11 is 0. The Morgan fingerprint density at radius 1 is 1.25 bits per heavy atom. The van der Waals surface area contributed by atoms with Crippen LogP contribution in [-0.2, 0) is 29.5 Å². The minimum Gasteiger partial charge on any atom is -0.309 e. The Labute approximate surface area is 163 Å². The third-order valence-electron chi connectivity index (χ3n) is 5.50. The van der Waals surface area contributed by atoms with Crippen molar-refractivity contribution in [2.45, 2.75) is 38.4 Å². The summed E-state index contributed by atoms with van der Waals surface area (Å²) in [5.74, 6) is 0.316. The Morgan fingerprint density at radius 3 is 2.71 bits per heavy atom. The molecule has 1 aromatic carbocycles. The molecule has 0 spiro atoms. The van der Waals surface area contributed by atoms with Gasteiger partial charge in [-0.15, -0.1) is 0 Å². The molecule has 0 saturated carbocycles. The Bertz CT molecular complexity index is 1040.